The van der Waals surface area contributed by atoms with Gasteiger partial charge in [0.1, 0.15) is 5.75 Å². The zero-order chi connectivity index (χ0) is 19.6. The quantitative estimate of drug-likeness (QED) is 0.780. The van der Waals surface area contributed by atoms with E-state index in [1.165, 1.54) is 54.5 Å². The molecule has 1 heterocycles. The van der Waals surface area contributed by atoms with E-state index in [2.05, 4.69) is 4.72 Å². The highest BCUT2D eigenvalue weighted by atomic mass is 32.2. The molecule has 0 unspecified atom stereocenters. The topological polar surface area (TPSA) is 119 Å². The summed E-state index contributed by atoms with van der Waals surface area (Å²) in [6.07, 6.45) is 1.13. The summed E-state index contributed by atoms with van der Waals surface area (Å²) in [5.41, 5.74) is 6.16. The van der Waals surface area contributed by atoms with Crippen molar-refractivity contribution in [2.24, 2.45) is 5.73 Å². The van der Waals surface area contributed by atoms with Crippen LogP contribution in [0.5, 0.6) is 5.75 Å². The molecule has 2 aromatic carbocycles. The van der Waals surface area contributed by atoms with Crippen molar-refractivity contribution in [2.45, 2.75) is 17.7 Å². The summed E-state index contributed by atoms with van der Waals surface area (Å²) >= 11 is 0. The molecule has 2 aromatic rings. The first kappa shape index (κ1) is 18.7. The van der Waals surface area contributed by atoms with E-state index in [-0.39, 0.29) is 22.1 Å². The van der Waals surface area contributed by atoms with Gasteiger partial charge in [-0.2, -0.15) is 0 Å². The number of carbonyl (C=O) groups is 2. The highest BCUT2D eigenvalue weighted by Gasteiger charge is 2.26. The second-order valence-electron chi connectivity index (χ2n) is 6.03. The molecule has 1 fully saturated rings. The van der Waals surface area contributed by atoms with E-state index < -0.39 is 15.9 Å². The van der Waals surface area contributed by atoms with E-state index in [1.54, 1.807) is 0 Å². The van der Waals surface area contributed by atoms with Gasteiger partial charge in [0, 0.05) is 24.2 Å². The zero-order valence-corrected chi connectivity index (χ0v) is 15.5. The Morgan fingerprint density at radius 1 is 1.19 bits per heavy atom. The van der Waals surface area contributed by atoms with Crippen molar-refractivity contribution in [3.63, 3.8) is 0 Å². The molecule has 1 saturated heterocycles. The Hall–Kier alpha value is -3.07. The fraction of sp³-hybridized carbons (Fsp3) is 0.222. The molecular formula is C18H19N3O5S. The van der Waals surface area contributed by atoms with Crippen LogP contribution in [0.1, 0.15) is 23.2 Å². The molecule has 142 valence electrons. The molecule has 3 N–H and O–H groups in total. The first-order chi connectivity index (χ1) is 12.8. The van der Waals surface area contributed by atoms with Crippen LogP contribution in [0.3, 0.4) is 0 Å². The van der Waals surface area contributed by atoms with Gasteiger partial charge >= 0.3 is 0 Å². The van der Waals surface area contributed by atoms with E-state index in [1.807, 2.05) is 0 Å². The lowest BCUT2D eigenvalue weighted by atomic mass is 10.2. The first-order valence-electron chi connectivity index (χ1n) is 8.23. The van der Waals surface area contributed by atoms with Gasteiger partial charge in [0.15, 0.2) is 0 Å². The molecule has 9 heteroatoms. The molecule has 1 aliphatic heterocycles. The second-order valence-corrected chi connectivity index (χ2v) is 7.71. The Morgan fingerprint density at radius 2 is 1.89 bits per heavy atom. The second kappa shape index (κ2) is 7.28. The third-order valence-corrected chi connectivity index (χ3v) is 5.63. The Morgan fingerprint density at radius 3 is 2.44 bits per heavy atom. The molecule has 0 radical (unpaired) electrons. The number of anilines is 2. The Kier molecular flexibility index (Phi) is 5.04. The van der Waals surface area contributed by atoms with Crippen molar-refractivity contribution in [1.82, 2.24) is 0 Å². The van der Waals surface area contributed by atoms with Gasteiger partial charge < -0.3 is 15.4 Å². The summed E-state index contributed by atoms with van der Waals surface area (Å²) < 4.78 is 33.2. The standard InChI is InChI=1S/C18H19N3O5S/c1-26-16-9-8-14(11-15(16)21-10-2-3-17(21)22)27(24,25)20-13-6-4-12(5-7-13)18(19)23/h4-9,11,20H,2-3,10H2,1H3,(H2,19,23). The maximum Gasteiger partial charge on any atom is 0.261 e. The lowest BCUT2D eigenvalue weighted by molar-refractivity contribution is -0.117. The van der Waals surface area contributed by atoms with Crippen LogP contribution < -0.4 is 20.1 Å². The molecule has 8 nitrogen and oxygen atoms in total. The third-order valence-electron chi connectivity index (χ3n) is 4.25. The number of primary amides is 1. The SMILES string of the molecule is COc1ccc(S(=O)(=O)Nc2ccc(C(N)=O)cc2)cc1N1CCCC1=O. The number of nitrogens with two attached hydrogens (primary N) is 1. The molecule has 0 saturated carbocycles. The minimum atomic E-state index is -3.90. The van der Waals surface area contributed by atoms with Gasteiger partial charge in [0.25, 0.3) is 10.0 Å². The van der Waals surface area contributed by atoms with Crippen LogP contribution in [-0.2, 0) is 14.8 Å². The third kappa shape index (κ3) is 3.87. The number of carbonyl (C=O) groups excluding carboxylic acids is 2. The summed E-state index contributed by atoms with van der Waals surface area (Å²) in [5.74, 6) is -0.243. The lowest BCUT2D eigenvalue weighted by Crippen LogP contribution is -2.25. The maximum absolute atomic E-state index is 12.7. The fourth-order valence-electron chi connectivity index (χ4n) is 2.87. The van der Waals surface area contributed by atoms with Gasteiger partial charge in [-0.3, -0.25) is 14.3 Å². The van der Waals surface area contributed by atoms with Crippen molar-refractivity contribution in [3.8, 4) is 5.75 Å². The predicted molar refractivity (Wildman–Crippen MR) is 100 cm³/mol. The number of nitrogens with zero attached hydrogens (tertiary/aromatic N) is 1. The van der Waals surface area contributed by atoms with E-state index in [0.717, 1.165) is 0 Å². The fourth-order valence-corrected chi connectivity index (χ4v) is 3.95. The van der Waals surface area contributed by atoms with Crippen molar-refractivity contribution >= 4 is 33.2 Å². The van der Waals surface area contributed by atoms with E-state index >= 15 is 0 Å². The molecule has 0 atom stereocenters. The summed E-state index contributed by atoms with van der Waals surface area (Å²) in [6.45, 7) is 0.515. The lowest BCUT2D eigenvalue weighted by Gasteiger charge is -2.20. The summed E-state index contributed by atoms with van der Waals surface area (Å²) in [5, 5.41) is 0. The number of sulfonamides is 1. The van der Waals surface area contributed by atoms with Crippen molar-refractivity contribution in [2.75, 3.05) is 23.3 Å². The Balaban J connectivity index is 1.92. The number of ether oxygens (including phenoxy) is 1. The molecule has 3 rings (SSSR count). The minimum absolute atomic E-state index is 0.00280. The predicted octanol–water partition coefficient (Wildman–Crippen LogP) is 1.72. The van der Waals surface area contributed by atoms with Crippen LogP contribution >= 0.6 is 0 Å². The molecule has 0 aliphatic carbocycles. The number of amides is 2. The van der Waals surface area contributed by atoms with Crippen LogP contribution in [0.25, 0.3) is 0 Å². The number of nitrogens with one attached hydrogen (secondary N) is 1. The molecule has 1 aliphatic rings. The van der Waals surface area contributed by atoms with Crippen LogP contribution in [-0.4, -0.2) is 33.9 Å². The van der Waals surface area contributed by atoms with Gasteiger partial charge in [-0.25, -0.2) is 8.42 Å². The zero-order valence-electron chi connectivity index (χ0n) is 14.6. The molecule has 27 heavy (non-hydrogen) atoms. The van der Waals surface area contributed by atoms with Crippen molar-refractivity contribution in [1.29, 1.82) is 0 Å². The van der Waals surface area contributed by atoms with Crippen LogP contribution in [0, 0.1) is 0 Å². The largest absolute Gasteiger partial charge is 0.495 e. The molecule has 2 amide bonds. The number of rotatable bonds is 6. The Bertz CT molecular complexity index is 987. The summed E-state index contributed by atoms with van der Waals surface area (Å²) in [6, 6.07) is 10.1. The van der Waals surface area contributed by atoms with Crippen LogP contribution in [0.4, 0.5) is 11.4 Å². The number of benzene rings is 2. The van der Waals surface area contributed by atoms with Crippen molar-refractivity contribution in [3.05, 3.63) is 48.0 Å². The highest BCUT2D eigenvalue weighted by Crippen LogP contribution is 2.34. The molecule has 0 aromatic heterocycles. The Labute approximate surface area is 157 Å². The maximum atomic E-state index is 12.7. The van der Waals surface area contributed by atoms with Gasteiger partial charge in [-0.05, 0) is 48.9 Å². The minimum Gasteiger partial charge on any atom is -0.495 e. The van der Waals surface area contributed by atoms with Crippen molar-refractivity contribution < 1.29 is 22.7 Å². The first-order valence-corrected chi connectivity index (χ1v) is 9.71. The van der Waals surface area contributed by atoms with Crippen LogP contribution in [0.2, 0.25) is 0 Å². The van der Waals surface area contributed by atoms with E-state index in [0.29, 0.717) is 30.8 Å². The number of hydrogen-bond donors (Lipinski definition) is 2. The molecule has 0 bridgehead atoms. The monoisotopic (exact) mass is 389 g/mol. The molecular weight excluding hydrogens is 370 g/mol. The van der Waals surface area contributed by atoms with Gasteiger partial charge in [-0.1, -0.05) is 0 Å². The normalized spacial score (nSPS) is 14.3. The number of hydrogen-bond acceptors (Lipinski definition) is 5. The average molecular weight is 389 g/mol. The highest BCUT2D eigenvalue weighted by molar-refractivity contribution is 7.92. The smallest absolute Gasteiger partial charge is 0.261 e. The summed E-state index contributed by atoms with van der Waals surface area (Å²) in [4.78, 5) is 24.7. The van der Waals surface area contributed by atoms with Gasteiger partial charge in [-0.15, -0.1) is 0 Å². The summed E-state index contributed by atoms with van der Waals surface area (Å²) in [7, 11) is -2.44. The van der Waals surface area contributed by atoms with Crippen LogP contribution in [0.15, 0.2) is 47.4 Å². The van der Waals surface area contributed by atoms with E-state index in [4.69, 9.17) is 10.5 Å². The van der Waals surface area contributed by atoms with Gasteiger partial charge in [0.2, 0.25) is 11.8 Å². The molecule has 0 spiro atoms. The number of methoxy groups -OCH3 is 1. The van der Waals surface area contributed by atoms with Gasteiger partial charge in [0.05, 0.1) is 17.7 Å². The van der Waals surface area contributed by atoms with E-state index in [9.17, 15) is 18.0 Å². The average Bonchev–Trinajstić information content (AvgIpc) is 3.07.